The zero-order chi connectivity index (χ0) is 16.9. The average molecular weight is 326 g/mol. The summed E-state index contributed by atoms with van der Waals surface area (Å²) in [4.78, 5) is 13.5. The Labute approximate surface area is 143 Å². The molecule has 128 valence electrons. The first-order chi connectivity index (χ1) is 11.6. The number of piperazine rings is 1. The molecule has 24 heavy (non-hydrogen) atoms. The Morgan fingerprint density at radius 1 is 1.00 bits per heavy atom. The van der Waals surface area contributed by atoms with Gasteiger partial charge >= 0.3 is 0 Å². The number of benzene rings is 1. The molecule has 2 aromatic rings. The maximum absolute atomic E-state index is 4.48. The van der Waals surface area contributed by atoms with E-state index in [4.69, 9.17) is 0 Å². The lowest BCUT2D eigenvalue weighted by Crippen LogP contribution is -2.44. The van der Waals surface area contributed by atoms with Gasteiger partial charge in [0.15, 0.2) is 0 Å². The minimum Gasteiger partial charge on any atom is -0.369 e. The highest BCUT2D eigenvalue weighted by molar-refractivity contribution is 5.61. The van der Waals surface area contributed by atoms with Gasteiger partial charge in [-0.15, -0.1) is 0 Å². The maximum atomic E-state index is 4.48. The molecule has 3 rings (SSSR count). The average Bonchev–Trinajstić information content (AvgIpc) is 2.56. The van der Waals surface area contributed by atoms with Crippen molar-refractivity contribution in [3.05, 3.63) is 36.5 Å². The molecule has 1 aliphatic heterocycles. The van der Waals surface area contributed by atoms with E-state index in [1.54, 1.807) is 6.20 Å². The van der Waals surface area contributed by atoms with Crippen LogP contribution in [0, 0.1) is 0 Å². The number of anilines is 4. The number of hydrogen-bond acceptors (Lipinski definition) is 6. The summed E-state index contributed by atoms with van der Waals surface area (Å²) in [5.74, 6) is 1.43. The van der Waals surface area contributed by atoms with Gasteiger partial charge in [-0.1, -0.05) is 0 Å². The molecular weight excluding hydrogens is 300 g/mol. The van der Waals surface area contributed by atoms with Crippen LogP contribution in [-0.4, -0.2) is 54.1 Å². The minimum atomic E-state index is 0.308. The zero-order valence-electron chi connectivity index (χ0n) is 14.7. The first kappa shape index (κ1) is 16.5. The van der Waals surface area contributed by atoms with Crippen molar-refractivity contribution in [1.82, 2.24) is 14.9 Å². The van der Waals surface area contributed by atoms with Gasteiger partial charge in [0.1, 0.15) is 5.82 Å². The highest BCUT2D eigenvalue weighted by Gasteiger charge is 2.13. The van der Waals surface area contributed by atoms with Crippen molar-refractivity contribution in [2.45, 2.75) is 19.9 Å². The lowest BCUT2D eigenvalue weighted by molar-refractivity contribution is 0.313. The lowest BCUT2D eigenvalue weighted by atomic mass is 10.2. The predicted octanol–water partition coefficient (Wildman–Crippen LogP) is 2.79. The lowest BCUT2D eigenvalue weighted by Gasteiger charge is -2.34. The van der Waals surface area contributed by atoms with E-state index in [1.165, 1.54) is 5.69 Å². The summed E-state index contributed by atoms with van der Waals surface area (Å²) >= 11 is 0. The third-order valence-corrected chi connectivity index (χ3v) is 4.08. The van der Waals surface area contributed by atoms with E-state index in [0.29, 0.717) is 12.0 Å². The summed E-state index contributed by atoms with van der Waals surface area (Å²) in [7, 11) is 2.18. The molecule has 0 unspecified atom stereocenters. The second-order valence-corrected chi connectivity index (χ2v) is 6.53. The molecule has 0 amide bonds. The van der Waals surface area contributed by atoms with Gasteiger partial charge in [0.05, 0.1) is 0 Å². The van der Waals surface area contributed by atoms with Crippen LogP contribution in [0.25, 0.3) is 0 Å². The van der Waals surface area contributed by atoms with Crippen LogP contribution in [-0.2, 0) is 0 Å². The van der Waals surface area contributed by atoms with Crippen LogP contribution in [0.1, 0.15) is 13.8 Å². The molecule has 0 radical (unpaired) electrons. The van der Waals surface area contributed by atoms with Gasteiger partial charge in [-0.3, -0.25) is 0 Å². The van der Waals surface area contributed by atoms with E-state index in [2.05, 4.69) is 75.6 Å². The number of nitrogens with one attached hydrogen (secondary N) is 2. The van der Waals surface area contributed by atoms with Crippen molar-refractivity contribution >= 4 is 23.1 Å². The second-order valence-electron chi connectivity index (χ2n) is 6.53. The van der Waals surface area contributed by atoms with Crippen molar-refractivity contribution < 1.29 is 0 Å². The van der Waals surface area contributed by atoms with Crippen molar-refractivity contribution in [1.29, 1.82) is 0 Å². The number of likely N-dealkylation sites (N-methyl/N-ethyl adjacent to an activating group) is 1. The molecule has 2 heterocycles. The van der Waals surface area contributed by atoms with Crippen molar-refractivity contribution in [2.75, 3.05) is 48.8 Å². The van der Waals surface area contributed by atoms with Crippen molar-refractivity contribution in [3.63, 3.8) is 0 Å². The molecule has 6 nitrogen and oxygen atoms in total. The first-order valence-corrected chi connectivity index (χ1v) is 8.50. The van der Waals surface area contributed by atoms with Crippen LogP contribution in [0.5, 0.6) is 0 Å². The number of aromatic nitrogens is 2. The van der Waals surface area contributed by atoms with Gasteiger partial charge in [0.25, 0.3) is 0 Å². The molecule has 1 fully saturated rings. The smallest absolute Gasteiger partial charge is 0.224 e. The Morgan fingerprint density at radius 3 is 2.38 bits per heavy atom. The van der Waals surface area contributed by atoms with E-state index in [0.717, 1.165) is 37.7 Å². The third-order valence-electron chi connectivity index (χ3n) is 4.08. The van der Waals surface area contributed by atoms with E-state index < -0.39 is 0 Å². The molecule has 0 bridgehead atoms. The van der Waals surface area contributed by atoms with E-state index >= 15 is 0 Å². The van der Waals surface area contributed by atoms with Gasteiger partial charge in [-0.25, -0.2) is 4.98 Å². The van der Waals surface area contributed by atoms with Gasteiger partial charge in [0.2, 0.25) is 5.95 Å². The van der Waals surface area contributed by atoms with Crippen LogP contribution in [0.3, 0.4) is 0 Å². The van der Waals surface area contributed by atoms with Crippen LogP contribution in [0.4, 0.5) is 23.1 Å². The SMILES string of the molecule is CC(C)Nc1nccc(Nc2ccc(N3CCN(C)CC3)cc2)n1. The third kappa shape index (κ3) is 4.35. The first-order valence-electron chi connectivity index (χ1n) is 8.50. The molecule has 6 heteroatoms. The quantitative estimate of drug-likeness (QED) is 0.881. The Morgan fingerprint density at radius 2 is 1.71 bits per heavy atom. The Balaban J connectivity index is 1.64. The van der Waals surface area contributed by atoms with Crippen LogP contribution in [0.2, 0.25) is 0 Å². The summed E-state index contributed by atoms with van der Waals surface area (Å²) in [5.41, 5.74) is 2.31. The van der Waals surface area contributed by atoms with Gasteiger partial charge in [-0.05, 0) is 51.2 Å². The summed E-state index contributed by atoms with van der Waals surface area (Å²) in [6.45, 7) is 8.54. The second kappa shape index (κ2) is 7.49. The molecule has 0 aliphatic carbocycles. The van der Waals surface area contributed by atoms with Gasteiger partial charge in [-0.2, -0.15) is 4.98 Å². The van der Waals surface area contributed by atoms with E-state index in [-0.39, 0.29) is 0 Å². The van der Waals surface area contributed by atoms with Crippen LogP contribution >= 0.6 is 0 Å². The van der Waals surface area contributed by atoms with Gasteiger partial charge < -0.3 is 20.4 Å². The largest absolute Gasteiger partial charge is 0.369 e. The zero-order valence-corrected chi connectivity index (χ0v) is 14.7. The fourth-order valence-corrected chi connectivity index (χ4v) is 2.72. The predicted molar refractivity (Wildman–Crippen MR) is 100 cm³/mol. The molecule has 1 aliphatic rings. The summed E-state index contributed by atoms with van der Waals surface area (Å²) in [5, 5.41) is 6.55. The monoisotopic (exact) mass is 326 g/mol. The van der Waals surface area contributed by atoms with Crippen molar-refractivity contribution in [3.8, 4) is 0 Å². The van der Waals surface area contributed by atoms with E-state index in [1.807, 2.05) is 6.07 Å². The summed E-state index contributed by atoms with van der Waals surface area (Å²) in [6, 6.07) is 10.7. The normalized spacial score (nSPS) is 15.6. The summed E-state index contributed by atoms with van der Waals surface area (Å²) < 4.78 is 0. The van der Waals surface area contributed by atoms with Crippen molar-refractivity contribution in [2.24, 2.45) is 0 Å². The van der Waals surface area contributed by atoms with E-state index in [9.17, 15) is 0 Å². The molecule has 2 N–H and O–H groups in total. The molecule has 1 aromatic heterocycles. The number of rotatable bonds is 5. The van der Waals surface area contributed by atoms with Crippen LogP contribution in [0.15, 0.2) is 36.5 Å². The standard InChI is InChI=1S/C18H26N6/c1-14(2)20-18-19-9-8-17(22-18)21-15-4-6-16(7-5-15)24-12-10-23(3)11-13-24/h4-9,14H,10-13H2,1-3H3,(H2,19,20,21,22). The van der Waals surface area contributed by atoms with Crippen LogP contribution < -0.4 is 15.5 Å². The molecule has 1 saturated heterocycles. The maximum Gasteiger partial charge on any atom is 0.224 e. The Bertz CT molecular complexity index is 647. The Kier molecular flexibility index (Phi) is 5.15. The van der Waals surface area contributed by atoms with Gasteiger partial charge in [0, 0.05) is 49.8 Å². The molecular formula is C18H26N6. The highest BCUT2D eigenvalue weighted by atomic mass is 15.2. The molecule has 0 saturated carbocycles. The number of hydrogen-bond donors (Lipinski definition) is 2. The molecule has 0 spiro atoms. The summed E-state index contributed by atoms with van der Waals surface area (Å²) in [6.07, 6.45) is 1.76. The molecule has 1 aromatic carbocycles. The number of nitrogens with zero attached hydrogens (tertiary/aromatic N) is 4. The fraction of sp³-hybridized carbons (Fsp3) is 0.444. The fourth-order valence-electron chi connectivity index (χ4n) is 2.72. The topological polar surface area (TPSA) is 56.3 Å². The minimum absolute atomic E-state index is 0.308. The highest BCUT2D eigenvalue weighted by Crippen LogP contribution is 2.21. The Hall–Kier alpha value is -2.34. The molecule has 0 atom stereocenters.